The Labute approximate surface area is 118 Å². The Kier molecular flexibility index (Phi) is 4.50. The topological polar surface area (TPSA) is 38.0 Å². The lowest BCUT2D eigenvalue weighted by Gasteiger charge is -2.16. The minimum atomic E-state index is -0.223. The molecule has 0 fully saturated rings. The summed E-state index contributed by atoms with van der Waals surface area (Å²) in [6.07, 6.45) is 0.674. The number of aryl methyl sites for hydroxylation is 1. The molecule has 5 heteroatoms. The van der Waals surface area contributed by atoms with Crippen LogP contribution in [0, 0.1) is 12.7 Å². The molecule has 0 amide bonds. The molecule has 0 spiro atoms. The molecule has 2 rings (SSSR count). The molecule has 1 aromatic heterocycles. The number of halogens is 2. The predicted octanol–water partition coefficient (Wildman–Crippen LogP) is 3.71. The van der Waals surface area contributed by atoms with E-state index in [-0.39, 0.29) is 11.9 Å². The van der Waals surface area contributed by atoms with Crippen molar-refractivity contribution < 1.29 is 4.39 Å². The van der Waals surface area contributed by atoms with E-state index in [4.69, 9.17) is 5.84 Å². The van der Waals surface area contributed by atoms with Gasteiger partial charge in [-0.1, -0.05) is 17.7 Å². The van der Waals surface area contributed by atoms with E-state index in [2.05, 4.69) is 21.4 Å². The number of hydrazine groups is 1. The predicted molar refractivity (Wildman–Crippen MR) is 76.9 cm³/mol. The highest BCUT2D eigenvalue weighted by Crippen LogP contribution is 2.28. The lowest BCUT2D eigenvalue weighted by Crippen LogP contribution is -2.30. The highest BCUT2D eigenvalue weighted by molar-refractivity contribution is 9.11. The molecule has 1 aromatic carbocycles. The van der Waals surface area contributed by atoms with Crippen LogP contribution < -0.4 is 11.3 Å². The molecule has 0 saturated carbocycles. The van der Waals surface area contributed by atoms with Crippen LogP contribution in [0.25, 0.3) is 0 Å². The van der Waals surface area contributed by atoms with E-state index in [1.54, 1.807) is 17.4 Å². The van der Waals surface area contributed by atoms with Crippen molar-refractivity contribution in [1.82, 2.24) is 5.43 Å². The number of nitrogens with one attached hydrogen (secondary N) is 1. The van der Waals surface area contributed by atoms with Crippen molar-refractivity contribution >= 4 is 27.3 Å². The van der Waals surface area contributed by atoms with Crippen molar-refractivity contribution in [2.24, 2.45) is 5.84 Å². The summed E-state index contributed by atoms with van der Waals surface area (Å²) in [4.78, 5) is 1.16. The van der Waals surface area contributed by atoms with Gasteiger partial charge in [0.2, 0.25) is 0 Å². The van der Waals surface area contributed by atoms with Crippen molar-refractivity contribution in [3.63, 3.8) is 0 Å². The van der Waals surface area contributed by atoms with Crippen LogP contribution in [0.4, 0.5) is 4.39 Å². The Hall–Kier alpha value is -0.750. The first kappa shape index (κ1) is 13.7. The smallest absolute Gasteiger partial charge is 0.128 e. The van der Waals surface area contributed by atoms with Gasteiger partial charge in [-0.15, -0.1) is 11.3 Å². The van der Waals surface area contributed by atoms with E-state index in [9.17, 15) is 4.39 Å². The van der Waals surface area contributed by atoms with Crippen LogP contribution in [0.2, 0.25) is 0 Å². The summed E-state index contributed by atoms with van der Waals surface area (Å²) in [5, 5.41) is 0. The second kappa shape index (κ2) is 5.93. The Balaban J connectivity index is 2.25. The molecule has 2 aromatic rings. The molecule has 0 aliphatic heterocycles. The molecule has 0 saturated heterocycles. The minimum absolute atomic E-state index is 0.213. The van der Waals surface area contributed by atoms with E-state index in [1.165, 1.54) is 6.07 Å². The van der Waals surface area contributed by atoms with Gasteiger partial charge < -0.3 is 0 Å². The molecule has 18 heavy (non-hydrogen) atoms. The largest absolute Gasteiger partial charge is 0.271 e. The Morgan fingerprint density at radius 3 is 2.78 bits per heavy atom. The maximum Gasteiger partial charge on any atom is 0.128 e. The zero-order valence-electron chi connectivity index (χ0n) is 9.91. The van der Waals surface area contributed by atoms with Crippen molar-refractivity contribution in [1.29, 1.82) is 0 Å². The Morgan fingerprint density at radius 2 is 2.17 bits per heavy atom. The third kappa shape index (κ3) is 3.17. The monoisotopic (exact) mass is 328 g/mol. The second-order valence-electron chi connectivity index (χ2n) is 4.15. The van der Waals surface area contributed by atoms with E-state index in [0.29, 0.717) is 12.0 Å². The van der Waals surface area contributed by atoms with Gasteiger partial charge in [-0.3, -0.25) is 11.3 Å². The van der Waals surface area contributed by atoms with Gasteiger partial charge in [-0.05, 0) is 41.1 Å². The fourth-order valence-corrected chi connectivity index (χ4v) is 3.38. The first-order valence-corrected chi connectivity index (χ1v) is 7.17. The molecular weight excluding hydrogens is 315 g/mol. The van der Waals surface area contributed by atoms with Crippen molar-refractivity contribution in [2.75, 3.05) is 0 Å². The normalized spacial score (nSPS) is 12.7. The third-order valence-electron chi connectivity index (χ3n) is 2.76. The van der Waals surface area contributed by atoms with Crippen molar-refractivity contribution in [3.05, 3.63) is 55.9 Å². The average Bonchev–Trinajstić information content (AvgIpc) is 2.75. The highest BCUT2D eigenvalue weighted by atomic mass is 79.9. The SMILES string of the molecule is Cc1ccc(F)c(C(Cc2ccc(Br)s2)NN)c1. The van der Waals surface area contributed by atoms with Crippen LogP contribution in [0.15, 0.2) is 34.1 Å². The fourth-order valence-electron chi connectivity index (χ4n) is 1.85. The molecule has 0 radical (unpaired) electrons. The molecule has 3 N–H and O–H groups in total. The fraction of sp³-hybridized carbons (Fsp3) is 0.231. The second-order valence-corrected chi connectivity index (χ2v) is 6.70. The number of hydrogen-bond donors (Lipinski definition) is 2. The van der Waals surface area contributed by atoms with Gasteiger partial charge in [0.1, 0.15) is 5.82 Å². The number of nitrogens with two attached hydrogens (primary N) is 1. The summed E-state index contributed by atoms with van der Waals surface area (Å²) >= 11 is 5.05. The van der Waals surface area contributed by atoms with Crippen LogP contribution in [-0.2, 0) is 6.42 Å². The first-order valence-electron chi connectivity index (χ1n) is 5.56. The molecule has 1 atom stereocenters. The van der Waals surface area contributed by atoms with Gasteiger partial charge in [0, 0.05) is 16.9 Å². The summed E-state index contributed by atoms with van der Waals surface area (Å²) in [6, 6.07) is 8.87. The van der Waals surface area contributed by atoms with Gasteiger partial charge >= 0.3 is 0 Å². The number of thiophene rings is 1. The summed E-state index contributed by atoms with van der Waals surface area (Å²) in [5.74, 6) is 5.33. The van der Waals surface area contributed by atoms with Gasteiger partial charge in [-0.2, -0.15) is 0 Å². The molecule has 1 unspecified atom stereocenters. The lowest BCUT2D eigenvalue weighted by atomic mass is 10.0. The zero-order valence-corrected chi connectivity index (χ0v) is 12.3. The minimum Gasteiger partial charge on any atom is -0.271 e. The van der Waals surface area contributed by atoms with E-state index < -0.39 is 0 Å². The maximum absolute atomic E-state index is 13.8. The van der Waals surface area contributed by atoms with Crippen LogP contribution in [0.1, 0.15) is 22.0 Å². The summed E-state index contributed by atoms with van der Waals surface area (Å²) < 4.78 is 14.9. The van der Waals surface area contributed by atoms with E-state index in [1.807, 2.05) is 25.1 Å². The van der Waals surface area contributed by atoms with Crippen molar-refractivity contribution in [3.8, 4) is 0 Å². The quantitative estimate of drug-likeness (QED) is 0.663. The molecule has 0 aliphatic rings. The summed E-state index contributed by atoms with van der Waals surface area (Å²) in [5.41, 5.74) is 4.34. The molecule has 0 bridgehead atoms. The molecule has 96 valence electrons. The van der Waals surface area contributed by atoms with E-state index >= 15 is 0 Å². The standard InChI is InChI=1S/C13H14BrFN2S/c1-8-2-4-11(15)10(6-8)12(17-16)7-9-3-5-13(14)18-9/h2-6,12,17H,7,16H2,1H3. The lowest BCUT2D eigenvalue weighted by molar-refractivity contribution is 0.512. The molecule has 0 aliphatic carbocycles. The van der Waals surface area contributed by atoms with Crippen LogP contribution >= 0.6 is 27.3 Å². The van der Waals surface area contributed by atoms with E-state index in [0.717, 1.165) is 14.2 Å². The highest BCUT2D eigenvalue weighted by Gasteiger charge is 2.16. The van der Waals surface area contributed by atoms with Gasteiger partial charge in [0.15, 0.2) is 0 Å². The molecule has 1 heterocycles. The number of hydrogen-bond acceptors (Lipinski definition) is 3. The van der Waals surface area contributed by atoms with Gasteiger partial charge in [0.25, 0.3) is 0 Å². The Morgan fingerprint density at radius 1 is 1.39 bits per heavy atom. The van der Waals surface area contributed by atoms with Gasteiger partial charge in [-0.25, -0.2) is 4.39 Å². The van der Waals surface area contributed by atoms with Crippen LogP contribution in [0.5, 0.6) is 0 Å². The molecule has 2 nitrogen and oxygen atoms in total. The van der Waals surface area contributed by atoms with Crippen molar-refractivity contribution in [2.45, 2.75) is 19.4 Å². The Bertz CT molecular complexity index is 542. The van der Waals surface area contributed by atoms with Crippen LogP contribution in [0.3, 0.4) is 0 Å². The number of rotatable bonds is 4. The summed E-state index contributed by atoms with van der Waals surface area (Å²) in [6.45, 7) is 1.94. The summed E-state index contributed by atoms with van der Waals surface area (Å²) in [7, 11) is 0. The average molecular weight is 329 g/mol. The first-order chi connectivity index (χ1) is 8.60. The number of benzene rings is 1. The van der Waals surface area contributed by atoms with Crippen LogP contribution in [-0.4, -0.2) is 0 Å². The zero-order chi connectivity index (χ0) is 13.1. The maximum atomic E-state index is 13.8. The van der Waals surface area contributed by atoms with Gasteiger partial charge in [0.05, 0.1) is 9.83 Å². The third-order valence-corrected chi connectivity index (χ3v) is 4.41. The molecular formula is C13H14BrFN2S.